The predicted octanol–water partition coefficient (Wildman–Crippen LogP) is 3.23. The van der Waals surface area contributed by atoms with Gasteiger partial charge in [-0.15, -0.1) is 11.8 Å². The minimum Gasteiger partial charge on any atom is -0.297 e. The number of aromatic amines is 1. The van der Waals surface area contributed by atoms with Gasteiger partial charge in [0.1, 0.15) is 0 Å². The molecule has 5 heteroatoms. The molecule has 0 spiro atoms. The maximum atomic E-state index is 12.9. The number of thioether (sulfide) groups is 1. The van der Waals surface area contributed by atoms with E-state index >= 15 is 0 Å². The number of carbonyl (C=O) groups is 1. The monoisotopic (exact) mass is 315 g/mol. The second-order valence-corrected chi connectivity index (χ2v) is 6.57. The van der Waals surface area contributed by atoms with E-state index in [2.05, 4.69) is 15.1 Å². The van der Waals surface area contributed by atoms with Crippen LogP contribution in [0.3, 0.4) is 0 Å². The fourth-order valence-corrected chi connectivity index (χ4v) is 3.70. The smallest absolute Gasteiger partial charge is 0.168 e. The van der Waals surface area contributed by atoms with Gasteiger partial charge in [-0.05, 0) is 37.8 Å². The number of H-pyrrole nitrogens is 1. The van der Waals surface area contributed by atoms with Gasteiger partial charge in [0.2, 0.25) is 0 Å². The van der Waals surface area contributed by atoms with Crippen LogP contribution in [-0.4, -0.2) is 40.2 Å². The molecule has 0 bridgehead atoms. The third-order valence-corrected chi connectivity index (χ3v) is 5.00. The lowest BCUT2D eigenvalue weighted by atomic mass is 9.90. The van der Waals surface area contributed by atoms with Gasteiger partial charge in [-0.3, -0.25) is 14.8 Å². The standard InChI is InChI=1S/C17H21N3OS/c1-22-16-7-3-2-6-15(16)17(21)13-5-4-10-20(11-13)12-14-8-9-18-19-14/h2-3,6-9,13H,4-5,10-12H2,1H3,(H,18,19)/t13-/m0/s1. The number of likely N-dealkylation sites (tertiary alicyclic amines) is 1. The van der Waals surface area contributed by atoms with E-state index in [-0.39, 0.29) is 5.92 Å². The third kappa shape index (κ3) is 3.42. The highest BCUT2D eigenvalue weighted by atomic mass is 32.2. The van der Waals surface area contributed by atoms with Gasteiger partial charge in [0.25, 0.3) is 0 Å². The van der Waals surface area contributed by atoms with Gasteiger partial charge >= 0.3 is 0 Å². The minimum atomic E-state index is 0.102. The van der Waals surface area contributed by atoms with Crippen LogP contribution in [0.5, 0.6) is 0 Å². The molecule has 3 rings (SSSR count). The molecule has 0 aliphatic carbocycles. The first-order chi connectivity index (χ1) is 10.8. The number of hydrogen-bond acceptors (Lipinski definition) is 4. The Hall–Kier alpha value is -1.59. The Labute approximate surface area is 135 Å². The molecule has 2 heterocycles. The van der Waals surface area contributed by atoms with Crippen molar-refractivity contribution in [2.75, 3.05) is 19.3 Å². The van der Waals surface area contributed by atoms with E-state index in [9.17, 15) is 4.79 Å². The first-order valence-corrected chi connectivity index (χ1v) is 8.88. The molecule has 1 aliphatic rings. The quantitative estimate of drug-likeness (QED) is 0.680. The molecule has 0 unspecified atom stereocenters. The van der Waals surface area contributed by atoms with E-state index in [0.717, 1.165) is 48.6 Å². The summed E-state index contributed by atoms with van der Waals surface area (Å²) in [6.45, 7) is 2.72. The van der Waals surface area contributed by atoms with Gasteiger partial charge in [0.05, 0.1) is 0 Å². The van der Waals surface area contributed by atoms with Crippen molar-refractivity contribution in [3.05, 3.63) is 47.8 Å². The maximum Gasteiger partial charge on any atom is 0.168 e. The summed E-state index contributed by atoms with van der Waals surface area (Å²) < 4.78 is 0. The Balaban J connectivity index is 1.70. The van der Waals surface area contributed by atoms with Crippen molar-refractivity contribution in [3.63, 3.8) is 0 Å². The van der Waals surface area contributed by atoms with Crippen LogP contribution in [0.1, 0.15) is 28.9 Å². The summed E-state index contributed by atoms with van der Waals surface area (Å²) in [4.78, 5) is 16.3. The van der Waals surface area contributed by atoms with Crippen LogP contribution in [0.15, 0.2) is 41.4 Å². The Morgan fingerprint density at radius 2 is 2.27 bits per heavy atom. The SMILES string of the molecule is CSc1ccccc1C(=O)[C@H]1CCCN(Cc2ccn[nH]2)C1. The highest BCUT2D eigenvalue weighted by Gasteiger charge is 2.27. The van der Waals surface area contributed by atoms with Crippen molar-refractivity contribution >= 4 is 17.5 Å². The largest absolute Gasteiger partial charge is 0.297 e. The average molecular weight is 315 g/mol. The van der Waals surface area contributed by atoms with E-state index in [1.54, 1.807) is 18.0 Å². The zero-order chi connectivity index (χ0) is 15.4. The lowest BCUT2D eigenvalue weighted by molar-refractivity contribution is 0.0807. The molecule has 1 aliphatic heterocycles. The zero-order valence-corrected chi connectivity index (χ0v) is 13.6. The summed E-state index contributed by atoms with van der Waals surface area (Å²) in [6, 6.07) is 9.94. The van der Waals surface area contributed by atoms with Gasteiger partial charge in [-0.1, -0.05) is 18.2 Å². The fraction of sp³-hybridized carbons (Fsp3) is 0.412. The second kappa shape index (κ2) is 7.11. The normalized spacial score (nSPS) is 19.2. The molecular formula is C17H21N3OS. The summed E-state index contributed by atoms with van der Waals surface area (Å²) in [5.74, 6) is 0.393. The number of nitrogens with zero attached hydrogens (tertiary/aromatic N) is 2. The van der Waals surface area contributed by atoms with Crippen molar-refractivity contribution < 1.29 is 4.79 Å². The number of Topliss-reactive ketones (excluding diaryl/α,β-unsaturated/α-hetero) is 1. The summed E-state index contributed by atoms with van der Waals surface area (Å²) >= 11 is 1.64. The molecule has 1 N–H and O–H groups in total. The molecule has 1 aromatic heterocycles. The highest BCUT2D eigenvalue weighted by Crippen LogP contribution is 2.27. The molecule has 2 aromatic rings. The third-order valence-electron chi connectivity index (χ3n) is 4.20. The van der Waals surface area contributed by atoms with E-state index in [1.165, 1.54) is 0 Å². The van der Waals surface area contributed by atoms with Crippen molar-refractivity contribution in [1.29, 1.82) is 0 Å². The van der Waals surface area contributed by atoms with E-state index in [1.807, 2.05) is 36.6 Å². The second-order valence-electron chi connectivity index (χ2n) is 5.72. The molecular weight excluding hydrogens is 294 g/mol. The van der Waals surface area contributed by atoms with Crippen LogP contribution < -0.4 is 0 Å². The average Bonchev–Trinajstić information content (AvgIpc) is 3.07. The number of carbonyl (C=O) groups excluding carboxylic acids is 1. The Morgan fingerprint density at radius 1 is 1.41 bits per heavy atom. The number of benzene rings is 1. The summed E-state index contributed by atoms with van der Waals surface area (Å²) in [5.41, 5.74) is 1.99. The zero-order valence-electron chi connectivity index (χ0n) is 12.8. The number of nitrogens with one attached hydrogen (secondary N) is 1. The van der Waals surface area contributed by atoms with Gasteiger partial charge < -0.3 is 0 Å². The molecule has 22 heavy (non-hydrogen) atoms. The molecule has 116 valence electrons. The molecule has 1 saturated heterocycles. The molecule has 1 atom stereocenters. The molecule has 1 fully saturated rings. The van der Waals surface area contributed by atoms with E-state index in [0.29, 0.717) is 5.78 Å². The number of piperidine rings is 1. The topological polar surface area (TPSA) is 49.0 Å². The Kier molecular flexibility index (Phi) is 4.95. The molecule has 4 nitrogen and oxygen atoms in total. The van der Waals surface area contributed by atoms with Crippen LogP contribution in [0, 0.1) is 5.92 Å². The van der Waals surface area contributed by atoms with Crippen LogP contribution in [0.4, 0.5) is 0 Å². The van der Waals surface area contributed by atoms with Crippen LogP contribution in [0.2, 0.25) is 0 Å². The van der Waals surface area contributed by atoms with Crippen molar-refractivity contribution in [2.45, 2.75) is 24.3 Å². The number of rotatable bonds is 5. The lowest BCUT2D eigenvalue weighted by Gasteiger charge is -2.31. The van der Waals surface area contributed by atoms with Gasteiger partial charge in [0, 0.05) is 41.4 Å². The van der Waals surface area contributed by atoms with Gasteiger partial charge in [0.15, 0.2) is 5.78 Å². The van der Waals surface area contributed by atoms with Crippen LogP contribution in [0.25, 0.3) is 0 Å². The first-order valence-electron chi connectivity index (χ1n) is 7.66. The number of aromatic nitrogens is 2. The summed E-state index contributed by atoms with van der Waals surface area (Å²) in [7, 11) is 0. The van der Waals surface area contributed by atoms with E-state index in [4.69, 9.17) is 0 Å². The maximum absolute atomic E-state index is 12.9. The number of ketones is 1. The minimum absolute atomic E-state index is 0.102. The first kappa shape index (κ1) is 15.3. The van der Waals surface area contributed by atoms with E-state index < -0.39 is 0 Å². The number of hydrogen-bond donors (Lipinski definition) is 1. The predicted molar refractivity (Wildman–Crippen MR) is 89.1 cm³/mol. The molecule has 0 amide bonds. The van der Waals surface area contributed by atoms with Crippen molar-refractivity contribution in [1.82, 2.24) is 15.1 Å². The summed E-state index contributed by atoms with van der Waals surface area (Å²) in [6.07, 6.45) is 5.86. The Bertz CT molecular complexity index is 627. The lowest BCUT2D eigenvalue weighted by Crippen LogP contribution is -2.38. The fourth-order valence-electron chi connectivity index (χ4n) is 3.09. The summed E-state index contributed by atoms with van der Waals surface area (Å²) in [5, 5.41) is 6.99. The van der Waals surface area contributed by atoms with Gasteiger partial charge in [-0.25, -0.2) is 0 Å². The molecule has 0 saturated carbocycles. The Morgan fingerprint density at radius 3 is 3.05 bits per heavy atom. The van der Waals surface area contributed by atoms with Crippen molar-refractivity contribution in [2.24, 2.45) is 5.92 Å². The molecule has 1 aromatic carbocycles. The molecule has 0 radical (unpaired) electrons. The highest BCUT2D eigenvalue weighted by molar-refractivity contribution is 7.98. The van der Waals surface area contributed by atoms with Gasteiger partial charge in [-0.2, -0.15) is 5.10 Å². The van der Waals surface area contributed by atoms with Crippen molar-refractivity contribution in [3.8, 4) is 0 Å². The van der Waals surface area contributed by atoms with Crippen LogP contribution >= 0.6 is 11.8 Å². The van der Waals surface area contributed by atoms with Crippen LogP contribution in [-0.2, 0) is 6.54 Å².